The van der Waals surface area contributed by atoms with Gasteiger partial charge in [-0.15, -0.1) is 0 Å². The number of ether oxygens (including phenoxy) is 1. The number of rotatable bonds is 5. The molecule has 172 valence electrons. The number of anilines is 1. The Hall–Kier alpha value is -3.42. The van der Waals surface area contributed by atoms with Crippen LogP contribution in [0.25, 0.3) is 11.1 Å². The predicted octanol–water partition coefficient (Wildman–Crippen LogP) is 4.66. The Bertz CT molecular complexity index is 1180. The van der Waals surface area contributed by atoms with Gasteiger partial charge in [0.25, 0.3) is 0 Å². The zero-order valence-corrected chi connectivity index (χ0v) is 19.8. The molecule has 3 aromatic rings. The third-order valence-corrected chi connectivity index (χ3v) is 6.58. The van der Waals surface area contributed by atoms with Crippen molar-refractivity contribution in [2.24, 2.45) is 0 Å². The van der Waals surface area contributed by atoms with Crippen LogP contribution in [-0.4, -0.2) is 45.2 Å². The third-order valence-electron chi connectivity index (χ3n) is 6.58. The van der Waals surface area contributed by atoms with E-state index in [2.05, 4.69) is 47.1 Å². The lowest BCUT2D eigenvalue weighted by Crippen LogP contribution is -2.39. The zero-order chi connectivity index (χ0) is 23.3. The number of aryl methyl sites for hydroxylation is 4. The molecule has 8 nitrogen and oxygen atoms in total. The largest absolute Gasteiger partial charge is 0.439 e. The topological polar surface area (TPSA) is 84.6 Å². The van der Waals surface area contributed by atoms with E-state index in [9.17, 15) is 4.79 Å². The van der Waals surface area contributed by atoms with E-state index in [1.807, 2.05) is 27.0 Å². The molecule has 1 amide bonds. The average Bonchev–Trinajstić information content (AvgIpc) is 3.19. The number of nitrogens with zero attached hydrogens (tertiary/aromatic N) is 5. The minimum absolute atomic E-state index is 0.140. The van der Waals surface area contributed by atoms with Crippen molar-refractivity contribution in [2.75, 3.05) is 18.0 Å². The number of amides is 1. The molecular formula is C25H29N5O3. The summed E-state index contributed by atoms with van der Waals surface area (Å²) in [6.07, 6.45) is 2.31. The Kier molecular flexibility index (Phi) is 5.31. The lowest BCUT2D eigenvalue weighted by molar-refractivity contribution is 0.130. The molecule has 2 saturated heterocycles. The van der Waals surface area contributed by atoms with Gasteiger partial charge in [-0.05, 0) is 46.6 Å². The Labute approximate surface area is 193 Å². The number of carbonyl (C=O) groups excluding carboxylic acids is 1. The first-order valence-corrected chi connectivity index (χ1v) is 11.4. The summed E-state index contributed by atoms with van der Waals surface area (Å²) in [5.41, 5.74) is 6.59. The van der Waals surface area contributed by atoms with Gasteiger partial charge in [-0.25, -0.2) is 14.8 Å². The van der Waals surface area contributed by atoms with E-state index >= 15 is 0 Å². The van der Waals surface area contributed by atoms with Crippen LogP contribution >= 0.6 is 0 Å². The molecule has 0 bridgehead atoms. The van der Waals surface area contributed by atoms with Crippen molar-refractivity contribution >= 4 is 12.0 Å². The molecule has 4 heterocycles. The van der Waals surface area contributed by atoms with Crippen LogP contribution in [0.5, 0.6) is 0 Å². The monoisotopic (exact) mass is 447 g/mol. The van der Waals surface area contributed by atoms with Crippen LogP contribution < -0.4 is 4.90 Å². The van der Waals surface area contributed by atoms with Crippen molar-refractivity contribution in [3.63, 3.8) is 0 Å². The molecule has 1 aromatic carbocycles. The molecule has 33 heavy (non-hydrogen) atoms. The van der Waals surface area contributed by atoms with Crippen molar-refractivity contribution in [3.05, 3.63) is 58.2 Å². The Morgan fingerprint density at radius 2 is 1.82 bits per heavy atom. The fourth-order valence-electron chi connectivity index (χ4n) is 4.77. The molecule has 2 aromatic heterocycles. The Morgan fingerprint density at radius 1 is 1.09 bits per heavy atom. The van der Waals surface area contributed by atoms with Gasteiger partial charge in [0.2, 0.25) is 5.95 Å². The maximum Gasteiger partial charge on any atom is 0.411 e. The molecule has 0 unspecified atom stereocenters. The predicted molar refractivity (Wildman–Crippen MR) is 124 cm³/mol. The molecule has 0 radical (unpaired) electrons. The third kappa shape index (κ3) is 3.83. The minimum Gasteiger partial charge on any atom is -0.439 e. The highest BCUT2D eigenvalue weighted by Gasteiger charge is 2.40. The SMILES string of the molecule is Cc1cc(C)cc([C@H]2OC(=O)N(Cc3nc(N4CCC4)ncc3-c3c(C)noc3C)[C@H]2C)c1. The first-order chi connectivity index (χ1) is 15.8. The summed E-state index contributed by atoms with van der Waals surface area (Å²) >= 11 is 0. The molecule has 5 rings (SSSR count). The summed E-state index contributed by atoms with van der Waals surface area (Å²) < 4.78 is 11.2. The van der Waals surface area contributed by atoms with Gasteiger partial charge in [0.15, 0.2) is 0 Å². The first-order valence-electron chi connectivity index (χ1n) is 11.4. The molecule has 2 fully saturated rings. The van der Waals surface area contributed by atoms with Gasteiger partial charge in [0, 0.05) is 24.8 Å². The number of carbonyl (C=O) groups is 1. The van der Waals surface area contributed by atoms with Crippen molar-refractivity contribution in [3.8, 4) is 11.1 Å². The van der Waals surface area contributed by atoms with Gasteiger partial charge in [0.1, 0.15) is 11.9 Å². The lowest BCUT2D eigenvalue weighted by Gasteiger charge is -2.31. The van der Waals surface area contributed by atoms with Crippen molar-refractivity contribution < 1.29 is 14.1 Å². The average molecular weight is 448 g/mol. The van der Waals surface area contributed by atoms with Crippen LogP contribution in [0.1, 0.15) is 53.3 Å². The van der Waals surface area contributed by atoms with Crippen molar-refractivity contribution in [1.82, 2.24) is 20.0 Å². The second-order valence-corrected chi connectivity index (χ2v) is 9.16. The minimum atomic E-state index is -0.333. The summed E-state index contributed by atoms with van der Waals surface area (Å²) in [6.45, 7) is 12.1. The van der Waals surface area contributed by atoms with E-state index in [1.165, 1.54) is 0 Å². The molecule has 0 aliphatic carbocycles. The van der Waals surface area contributed by atoms with Gasteiger partial charge >= 0.3 is 6.09 Å². The summed E-state index contributed by atoms with van der Waals surface area (Å²) in [6, 6.07) is 6.16. The number of cyclic esters (lactones) is 1. The van der Waals surface area contributed by atoms with E-state index < -0.39 is 0 Å². The van der Waals surface area contributed by atoms with Crippen LogP contribution in [0, 0.1) is 27.7 Å². The molecular weight excluding hydrogens is 418 g/mol. The molecule has 2 aliphatic rings. The maximum atomic E-state index is 13.0. The van der Waals surface area contributed by atoms with Crippen molar-refractivity contribution in [2.45, 2.75) is 59.7 Å². The summed E-state index contributed by atoms with van der Waals surface area (Å²) in [5, 5.41) is 4.10. The van der Waals surface area contributed by atoms with Crippen LogP contribution in [0.3, 0.4) is 0 Å². The molecule has 8 heteroatoms. The second-order valence-electron chi connectivity index (χ2n) is 9.16. The first kappa shape index (κ1) is 21.4. The highest BCUT2D eigenvalue weighted by atomic mass is 16.6. The van der Waals surface area contributed by atoms with Gasteiger partial charge in [-0.2, -0.15) is 0 Å². The van der Waals surface area contributed by atoms with E-state index in [0.717, 1.165) is 58.7 Å². The van der Waals surface area contributed by atoms with Crippen LogP contribution in [0.2, 0.25) is 0 Å². The fourth-order valence-corrected chi connectivity index (χ4v) is 4.77. The Morgan fingerprint density at radius 3 is 2.42 bits per heavy atom. The highest BCUT2D eigenvalue weighted by Crippen LogP contribution is 2.36. The molecule has 2 atom stereocenters. The summed E-state index contributed by atoms with van der Waals surface area (Å²) in [7, 11) is 0. The molecule has 2 aliphatic heterocycles. The smallest absolute Gasteiger partial charge is 0.411 e. The van der Waals surface area contributed by atoms with Crippen LogP contribution in [0.15, 0.2) is 28.9 Å². The number of hydrogen-bond donors (Lipinski definition) is 0. The highest BCUT2D eigenvalue weighted by molar-refractivity contribution is 5.73. The Balaban J connectivity index is 1.50. The zero-order valence-electron chi connectivity index (χ0n) is 19.8. The van der Waals surface area contributed by atoms with Crippen LogP contribution in [-0.2, 0) is 11.3 Å². The van der Waals surface area contributed by atoms with Gasteiger partial charge in [-0.3, -0.25) is 4.90 Å². The lowest BCUT2D eigenvalue weighted by atomic mass is 9.98. The fraction of sp³-hybridized carbons (Fsp3) is 0.440. The van der Waals surface area contributed by atoms with Gasteiger partial charge < -0.3 is 14.2 Å². The number of aromatic nitrogens is 3. The number of hydrogen-bond acceptors (Lipinski definition) is 7. The normalized spacial score (nSPS) is 20.2. The van der Waals surface area contributed by atoms with Crippen molar-refractivity contribution in [1.29, 1.82) is 0 Å². The standard InChI is InChI=1S/C25H29N5O3/c1-14-9-15(2)11-19(10-14)23-17(4)30(25(31)32-23)13-21-20(22-16(3)28-33-18(22)5)12-26-24(27-21)29-7-6-8-29/h9-12,17,23H,6-8,13H2,1-5H3/t17-,23-/m0/s1. The van der Waals surface area contributed by atoms with E-state index in [4.69, 9.17) is 14.2 Å². The maximum absolute atomic E-state index is 13.0. The second kappa shape index (κ2) is 8.17. The van der Waals surface area contributed by atoms with Gasteiger partial charge in [0.05, 0.1) is 29.5 Å². The van der Waals surface area contributed by atoms with E-state index in [0.29, 0.717) is 18.3 Å². The number of benzene rings is 1. The van der Waals surface area contributed by atoms with Gasteiger partial charge in [-0.1, -0.05) is 34.5 Å². The van der Waals surface area contributed by atoms with Crippen LogP contribution in [0.4, 0.5) is 10.7 Å². The summed E-state index contributed by atoms with van der Waals surface area (Å²) in [4.78, 5) is 26.4. The van der Waals surface area contributed by atoms with E-state index in [-0.39, 0.29) is 18.2 Å². The molecule has 0 N–H and O–H groups in total. The molecule has 0 spiro atoms. The quantitative estimate of drug-likeness (QED) is 0.562. The van der Waals surface area contributed by atoms with E-state index in [1.54, 1.807) is 4.90 Å². The summed E-state index contributed by atoms with van der Waals surface area (Å²) in [5.74, 6) is 1.40. The molecule has 0 saturated carbocycles.